The monoisotopic (exact) mass is 407 g/mol. The van der Waals surface area contributed by atoms with E-state index in [4.69, 9.17) is 0 Å². The highest BCUT2D eigenvalue weighted by molar-refractivity contribution is 7.99. The fourth-order valence-corrected chi connectivity index (χ4v) is 4.92. The number of hydrogen-bond donors (Lipinski definition) is 1. The van der Waals surface area contributed by atoms with E-state index >= 15 is 0 Å². The summed E-state index contributed by atoms with van der Waals surface area (Å²) in [6.45, 7) is 5.44. The summed E-state index contributed by atoms with van der Waals surface area (Å²) in [4.78, 5) is 17.2. The molecule has 5 heteroatoms. The maximum Gasteiger partial charge on any atom is 0.238 e. The Balaban J connectivity index is 1.28. The molecule has 2 aromatic rings. The lowest BCUT2D eigenvalue weighted by atomic mass is 10.00. The zero-order valence-corrected chi connectivity index (χ0v) is 17.7. The molecular weight excluding hydrogens is 378 g/mol. The Bertz CT molecular complexity index is 846. The summed E-state index contributed by atoms with van der Waals surface area (Å²) in [7, 11) is 0. The number of amides is 1. The Hall–Kier alpha value is -2.08. The third kappa shape index (κ3) is 5.95. The molecule has 4 nitrogen and oxygen atoms in total. The van der Waals surface area contributed by atoms with Gasteiger partial charge in [0.2, 0.25) is 5.91 Å². The molecule has 1 N–H and O–H groups in total. The van der Waals surface area contributed by atoms with Crippen LogP contribution in [-0.4, -0.2) is 59.9 Å². The summed E-state index contributed by atoms with van der Waals surface area (Å²) < 4.78 is 0. The Morgan fingerprint density at radius 1 is 0.966 bits per heavy atom. The maximum atomic E-state index is 12.5. The van der Waals surface area contributed by atoms with Gasteiger partial charge < -0.3 is 5.32 Å². The van der Waals surface area contributed by atoms with E-state index in [1.807, 2.05) is 30.0 Å². The lowest BCUT2D eigenvalue weighted by molar-refractivity contribution is -0.117. The second kappa shape index (κ2) is 10.1. The van der Waals surface area contributed by atoms with Gasteiger partial charge in [-0.1, -0.05) is 48.5 Å². The minimum Gasteiger partial charge on any atom is -0.325 e. The standard InChI is InChI=1S/C24H29N3OS/c28-24(19-26-11-9-22(10-12-26)21-6-2-1-3-7-21)25-23-8-4-5-20(17-23)18-27-13-15-29-16-14-27/h1-9,17H,10-16,18-19H2,(H,25,28). The van der Waals surface area contributed by atoms with Crippen molar-refractivity contribution in [3.63, 3.8) is 0 Å². The number of hydrogen-bond acceptors (Lipinski definition) is 4. The normalized spacial score (nSPS) is 18.3. The van der Waals surface area contributed by atoms with E-state index in [1.165, 1.54) is 28.2 Å². The molecule has 29 heavy (non-hydrogen) atoms. The van der Waals surface area contributed by atoms with Gasteiger partial charge in [-0.25, -0.2) is 0 Å². The lowest BCUT2D eigenvalue weighted by Gasteiger charge is -2.26. The summed E-state index contributed by atoms with van der Waals surface area (Å²) in [6, 6.07) is 18.8. The maximum absolute atomic E-state index is 12.5. The van der Waals surface area contributed by atoms with Crippen molar-refractivity contribution in [3.8, 4) is 0 Å². The molecule has 4 rings (SSSR count). The predicted octanol–water partition coefficient (Wildman–Crippen LogP) is 3.96. The number of thioether (sulfide) groups is 1. The SMILES string of the molecule is O=C(CN1CC=C(c2ccccc2)CC1)Nc1cccc(CN2CCSCC2)c1. The summed E-state index contributed by atoms with van der Waals surface area (Å²) in [6.07, 6.45) is 3.24. The van der Waals surface area contributed by atoms with Crippen LogP contribution in [-0.2, 0) is 11.3 Å². The highest BCUT2D eigenvalue weighted by Crippen LogP contribution is 2.22. The first-order valence-electron chi connectivity index (χ1n) is 10.4. The van der Waals surface area contributed by atoms with Crippen LogP contribution in [0.4, 0.5) is 5.69 Å². The third-order valence-electron chi connectivity index (χ3n) is 5.53. The number of rotatable bonds is 6. The molecule has 0 atom stereocenters. The number of benzene rings is 2. The van der Waals surface area contributed by atoms with Crippen molar-refractivity contribution in [1.82, 2.24) is 9.80 Å². The zero-order valence-electron chi connectivity index (χ0n) is 16.8. The predicted molar refractivity (Wildman–Crippen MR) is 123 cm³/mol. The summed E-state index contributed by atoms with van der Waals surface area (Å²) in [5.74, 6) is 2.49. The minimum absolute atomic E-state index is 0.0630. The quantitative estimate of drug-likeness (QED) is 0.786. The molecule has 1 fully saturated rings. The van der Waals surface area contributed by atoms with Gasteiger partial charge in [-0.15, -0.1) is 0 Å². The van der Waals surface area contributed by atoms with Gasteiger partial charge in [-0.3, -0.25) is 14.6 Å². The lowest BCUT2D eigenvalue weighted by Crippen LogP contribution is -2.36. The first-order valence-corrected chi connectivity index (χ1v) is 11.6. The molecule has 2 aliphatic rings. The van der Waals surface area contributed by atoms with Gasteiger partial charge in [0.1, 0.15) is 0 Å². The van der Waals surface area contributed by atoms with Gasteiger partial charge in [0, 0.05) is 49.9 Å². The fraction of sp³-hybridized carbons (Fsp3) is 0.375. The van der Waals surface area contributed by atoms with E-state index in [0.29, 0.717) is 6.54 Å². The van der Waals surface area contributed by atoms with Gasteiger partial charge in [-0.05, 0) is 35.3 Å². The number of nitrogens with zero attached hydrogens (tertiary/aromatic N) is 2. The smallest absolute Gasteiger partial charge is 0.238 e. The Morgan fingerprint density at radius 3 is 2.55 bits per heavy atom. The van der Waals surface area contributed by atoms with Crippen molar-refractivity contribution < 1.29 is 4.79 Å². The van der Waals surface area contributed by atoms with Gasteiger partial charge >= 0.3 is 0 Å². The highest BCUT2D eigenvalue weighted by Gasteiger charge is 2.16. The second-order valence-electron chi connectivity index (χ2n) is 7.72. The topological polar surface area (TPSA) is 35.6 Å². The van der Waals surface area contributed by atoms with Crippen LogP contribution in [0.2, 0.25) is 0 Å². The van der Waals surface area contributed by atoms with Crippen molar-refractivity contribution in [1.29, 1.82) is 0 Å². The summed E-state index contributed by atoms with van der Waals surface area (Å²) in [5.41, 5.74) is 4.84. The first kappa shape index (κ1) is 20.2. The zero-order chi connectivity index (χ0) is 19.9. The Kier molecular flexibility index (Phi) is 7.04. The second-order valence-corrected chi connectivity index (χ2v) is 8.94. The largest absolute Gasteiger partial charge is 0.325 e. The van der Waals surface area contributed by atoms with E-state index in [2.05, 4.69) is 57.6 Å². The molecule has 2 aliphatic heterocycles. The van der Waals surface area contributed by atoms with E-state index in [-0.39, 0.29) is 5.91 Å². The molecule has 2 aromatic carbocycles. The van der Waals surface area contributed by atoms with Crippen LogP contribution >= 0.6 is 11.8 Å². The van der Waals surface area contributed by atoms with Crippen molar-refractivity contribution in [2.75, 3.05) is 49.5 Å². The average molecular weight is 408 g/mol. The molecule has 1 saturated heterocycles. The number of carbonyl (C=O) groups excluding carboxylic acids is 1. The van der Waals surface area contributed by atoms with Crippen LogP contribution < -0.4 is 5.32 Å². The van der Waals surface area contributed by atoms with Gasteiger partial charge in [0.05, 0.1) is 6.54 Å². The molecule has 0 aromatic heterocycles. The highest BCUT2D eigenvalue weighted by atomic mass is 32.2. The van der Waals surface area contributed by atoms with Gasteiger partial charge in [-0.2, -0.15) is 11.8 Å². The van der Waals surface area contributed by atoms with E-state index in [9.17, 15) is 4.79 Å². The van der Waals surface area contributed by atoms with Crippen molar-refractivity contribution in [2.45, 2.75) is 13.0 Å². The molecule has 0 spiro atoms. The molecule has 0 bridgehead atoms. The van der Waals surface area contributed by atoms with Crippen molar-refractivity contribution >= 4 is 28.9 Å². The fourth-order valence-electron chi connectivity index (χ4n) is 3.94. The van der Waals surface area contributed by atoms with E-state index in [0.717, 1.165) is 44.8 Å². The minimum atomic E-state index is 0.0630. The van der Waals surface area contributed by atoms with Crippen molar-refractivity contribution in [2.24, 2.45) is 0 Å². The third-order valence-corrected chi connectivity index (χ3v) is 6.47. The average Bonchev–Trinajstić information content (AvgIpc) is 2.76. The molecule has 0 radical (unpaired) electrons. The van der Waals surface area contributed by atoms with E-state index in [1.54, 1.807) is 0 Å². The number of anilines is 1. The molecule has 0 unspecified atom stereocenters. The van der Waals surface area contributed by atoms with Crippen LogP contribution in [0.25, 0.3) is 5.57 Å². The van der Waals surface area contributed by atoms with Gasteiger partial charge in [0.25, 0.3) is 0 Å². The van der Waals surface area contributed by atoms with Crippen molar-refractivity contribution in [3.05, 3.63) is 71.8 Å². The van der Waals surface area contributed by atoms with Crippen LogP contribution in [0, 0.1) is 0 Å². The molecule has 0 aliphatic carbocycles. The first-order chi connectivity index (χ1) is 14.3. The molecule has 0 saturated carbocycles. The molecular formula is C24H29N3OS. The number of carbonyl (C=O) groups is 1. The Labute approximate surface area is 178 Å². The van der Waals surface area contributed by atoms with Crippen LogP contribution in [0.1, 0.15) is 17.5 Å². The molecule has 152 valence electrons. The van der Waals surface area contributed by atoms with Crippen LogP contribution in [0.15, 0.2) is 60.7 Å². The van der Waals surface area contributed by atoms with Crippen LogP contribution in [0.3, 0.4) is 0 Å². The Morgan fingerprint density at radius 2 is 1.79 bits per heavy atom. The van der Waals surface area contributed by atoms with Gasteiger partial charge in [0.15, 0.2) is 0 Å². The summed E-state index contributed by atoms with van der Waals surface area (Å²) in [5, 5.41) is 3.09. The van der Waals surface area contributed by atoms with E-state index < -0.39 is 0 Å². The molecule has 2 heterocycles. The number of nitrogens with one attached hydrogen (secondary N) is 1. The molecule has 1 amide bonds. The van der Waals surface area contributed by atoms with Crippen LogP contribution in [0.5, 0.6) is 0 Å². The summed E-state index contributed by atoms with van der Waals surface area (Å²) >= 11 is 2.03.